The number of sulfonamides is 1. The van der Waals surface area contributed by atoms with Crippen molar-refractivity contribution >= 4 is 38.9 Å². The summed E-state index contributed by atoms with van der Waals surface area (Å²) in [4.78, 5) is 18.3. The topological polar surface area (TPSA) is 69.7 Å². The van der Waals surface area contributed by atoms with Crippen molar-refractivity contribution in [3.8, 4) is 0 Å². The number of thiophene rings is 1. The van der Waals surface area contributed by atoms with Crippen LogP contribution in [0.1, 0.15) is 36.0 Å². The van der Waals surface area contributed by atoms with Gasteiger partial charge >= 0.3 is 0 Å². The highest BCUT2D eigenvalue weighted by Crippen LogP contribution is 2.23. The second-order valence-corrected chi connectivity index (χ2v) is 11.6. The Balaban J connectivity index is 1.58. The molecular formula is C20H26ClN3O3S2. The van der Waals surface area contributed by atoms with Gasteiger partial charge in [0.15, 0.2) is 0 Å². The fourth-order valence-corrected chi connectivity index (χ4v) is 5.74. The molecule has 1 N–H and O–H groups in total. The lowest BCUT2D eigenvalue weighted by Crippen LogP contribution is -2.48. The Labute approximate surface area is 181 Å². The van der Waals surface area contributed by atoms with Gasteiger partial charge in [0, 0.05) is 48.7 Å². The fraction of sp³-hybridized carbons (Fsp3) is 0.450. The third-order valence-corrected chi connectivity index (χ3v) is 7.51. The first-order valence-corrected chi connectivity index (χ1v) is 12.1. The zero-order valence-corrected chi connectivity index (χ0v) is 19.2. The van der Waals surface area contributed by atoms with E-state index in [1.807, 2.05) is 17.0 Å². The maximum Gasteiger partial charge on any atom is 0.253 e. The average molecular weight is 456 g/mol. The minimum absolute atomic E-state index is 0.0726. The first-order chi connectivity index (χ1) is 13.5. The predicted octanol–water partition coefficient (Wildman–Crippen LogP) is 3.44. The molecule has 0 bridgehead atoms. The van der Waals surface area contributed by atoms with Crippen LogP contribution in [0.5, 0.6) is 0 Å². The third-order valence-electron chi connectivity index (χ3n) is 4.52. The van der Waals surface area contributed by atoms with Gasteiger partial charge in [-0.05, 0) is 57.2 Å². The second kappa shape index (κ2) is 8.73. The molecule has 1 aromatic heterocycles. The summed E-state index contributed by atoms with van der Waals surface area (Å²) in [6, 6.07) is 10.1. The van der Waals surface area contributed by atoms with Crippen LogP contribution in [0.2, 0.25) is 4.34 Å². The molecule has 3 rings (SSSR count). The van der Waals surface area contributed by atoms with Gasteiger partial charge in [-0.2, -0.15) is 0 Å². The summed E-state index contributed by atoms with van der Waals surface area (Å²) in [7, 11) is -3.61. The van der Waals surface area contributed by atoms with Gasteiger partial charge in [0.05, 0.1) is 9.23 Å². The summed E-state index contributed by atoms with van der Waals surface area (Å²) < 4.78 is 28.2. The van der Waals surface area contributed by atoms with Crippen LogP contribution < -0.4 is 4.72 Å². The number of piperazine rings is 1. The van der Waals surface area contributed by atoms with E-state index in [1.165, 1.54) is 17.0 Å². The van der Waals surface area contributed by atoms with Crippen molar-refractivity contribution in [3.63, 3.8) is 0 Å². The largest absolute Gasteiger partial charge is 0.336 e. The first kappa shape index (κ1) is 22.2. The van der Waals surface area contributed by atoms with Crippen LogP contribution in [-0.4, -0.2) is 55.8 Å². The van der Waals surface area contributed by atoms with Gasteiger partial charge in [-0.1, -0.05) is 11.6 Å². The molecule has 1 saturated heterocycles. The zero-order valence-electron chi connectivity index (χ0n) is 16.8. The van der Waals surface area contributed by atoms with Crippen molar-refractivity contribution in [1.29, 1.82) is 0 Å². The van der Waals surface area contributed by atoms with Gasteiger partial charge in [-0.15, -0.1) is 11.3 Å². The molecule has 1 aromatic carbocycles. The number of rotatable bonds is 5. The Hall–Kier alpha value is -1.45. The number of amides is 1. The molecule has 1 amide bonds. The van der Waals surface area contributed by atoms with Crippen LogP contribution in [0.3, 0.4) is 0 Å². The molecule has 9 heteroatoms. The van der Waals surface area contributed by atoms with Gasteiger partial charge in [-0.25, -0.2) is 13.1 Å². The molecule has 0 spiro atoms. The molecule has 2 aromatic rings. The molecule has 2 heterocycles. The minimum Gasteiger partial charge on any atom is -0.336 e. The van der Waals surface area contributed by atoms with Gasteiger partial charge in [0.1, 0.15) is 0 Å². The van der Waals surface area contributed by atoms with E-state index in [2.05, 4.69) is 9.62 Å². The molecule has 0 atom stereocenters. The van der Waals surface area contributed by atoms with Crippen molar-refractivity contribution in [3.05, 3.63) is 51.2 Å². The molecule has 0 saturated carbocycles. The van der Waals surface area contributed by atoms with E-state index in [-0.39, 0.29) is 10.8 Å². The van der Waals surface area contributed by atoms with Crippen molar-refractivity contribution in [1.82, 2.24) is 14.5 Å². The molecule has 6 nitrogen and oxygen atoms in total. The number of carbonyl (C=O) groups excluding carboxylic acids is 1. The molecule has 158 valence electrons. The molecule has 0 aliphatic carbocycles. The highest BCUT2D eigenvalue weighted by atomic mass is 35.5. The molecule has 1 aliphatic rings. The average Bonchev–Trinajstić information content (AvgIpc) is 3.05. The lowest BCUT2D eigenvalue weighted by Gasteiger charge is -2.34. The molecule has 1 aliphatic heterocycles. The number of nitrogens with one attached hydrogen (secondary N) is 1. The van der Waals surface area contributed by atoms with E-state index >= 15 is 0 Å². The van der Waals surface area contributed by atoms with E-state index < -0.39 is 15.6 Å². The molecule has 29 heavy (non-hydrogen) atoms. The van der Waals surface area contributed by atoms with E-state index in [4.69, 9.17) is 11.6 Å². The van der Waals surface area contributed by atoms with Crippen LogP contribution in [-0.2, 0) is 16.6 Å². The van der Waals surface area contributed by atoms with Gasteiger partial charge in [-0.3, -0.25) is 9.69 Å². The third kappa shape index (κ3) is 6.02. The molecular weight excluding hydrogens is 430 g/mol. The molecule has 1 fully saturated rings. The minimum atomic E-state index is -3.61. The summed E-state index contributed by atoms with van der Waals surface area (Å²) >= 11 is 7.57. The number of hydrogen-bond donors (Lipinski definition) is 1. The van der Waals surface area contributed by atoms with E-state index in [0.717, 1.165) is 24.0 Å². The number of hydrogen-bond acceptors (Lipinski definition) is 5. The summed E-state index contributed by atoms with van der Waals surface area (Å²) in [6.45, 7) is 9.08. The lowest BCUT2D eigenvalue weighted by atomic mass is 10.1. The van der Waals surface area contributed by atoms with Gasteiger partial charge < -0.3 is 4.90 Å². The highest BCUT2D eigenvalue weighted by Gasteiger charge is 2.24. The Morgan fingerprint density at radius 1 is 1.07 bits per heavy atom. The lowest BCUT2D eigenvalue weighted by molar-refractivity contribution is 0.0629. The summed E-state index contributed by atoms with van der Waals surface area (Å²) in [5, 5.41) is 0. The Bertz CT molecular complexity index is 958. The Kier molecular flexibility index (Phi) is 6.70. The Morgan fingerprint density at radius 3 is 2.21 bits per heavy atom. The van der Waals surface area contributed by atoms with E-state index in [1.54, 1.807) is 44.2 Å². The van der Waals surface area contributed by atoms with E-state index in [9.17, 15) is 13.2 Å². The van der Waals surface area contributed by atoms with Crippen molar-refractivity contribution in [2.24, 2.45) is 0 Å². The van der Waals surface area contributed by atoms with Crippen molar-refractivity contribution in [2.45, 2.75) is 37.8 Å². The van der Waals surface area contributed by atoms with Crippen molar-refractivity contribution < 1.29 is 13.2 Å². The molecule has 0 radical (unpaired) electrons. The molecule has 0 unspecified atom stereocenters. The van der Waals surface area contributed by atoms with E-state index in [0.29, 0.717) is 18.7 Å². The monoisotopic (exact) mass is 455 g/mol. The predicted molar refractivity (Wildman–Crippen MR) is 117 cm³/mol. The normalized spacial score (nSPS) is 16.2. The number of halogens is 1. The SMILES string of the molecule is CC(C)(C)NS(=O)(=O)c1ccc(C(=O)N2CCN(Cc3ccc(Cl)s3)CC2)cc1. The second-order valence-electron chi connectivity index (χ2n) is 8.15. The van der Waals surface area contributed by atoms with Crippen LogP contribution in [0.25, 0.3) is 0 Å². The Morgan fingerprint density at radius 2 is 1.69 bits per heavy atom. The number of carbonyl (C=O) groups is 1. The summed E-state index contributed by atoms with van der Waals surface area (Å²) in [6.07, 6.45) is 0. The summed E-state index contributed by atoms with van der Waals surface area (Å²) in [5.74, 6) is -0.0726. The van der Waals surface area contributed by atoms with Crippen LogP contribution in [0.4, 0.5) is 0 Å². The standard InChI is InChI=1S/C20H26ClN3O3S2/c1-20(2,3)22-29(26,27)17-7-4-15(5-8-17)19(25)24-12-10-23(11-13-24)14-16-6-9-18(21)28-16/h4-9,22H,10-14H2,1-3H3. The van der Waals surface area contributed by atoms with Crippen LogP contribution in [0, 0.1) is 0 Å². The van der Waals surface area contributed by atoms with Gasteiger partial charge in [0.2, 0.25) is 10.0 Å². The quantitative estimate of drug-likeness (QED) is 0.749. The van der Waals surface area contributed by atoms with Crippen LogP contribution >= 0.6 is 22.9 Å². The number of benzene rings is 1. The fourth-order valence-electron chi connectivity index (χ4n) is 3.19. The maximum absolute atomic E-state index is 12.8. The van der Waals surface area contributed by atoms with Crippen molar-refractivity contribution in [2.75, 3.05) is 26.2 Å². The van der Waals surface area contributed by atoms with Gasteiger partial charge in [0.25, 0.3) is 5.91 Å². The zero-order chi connectivity index (χ0) is 21.2. The highest BCUT2D eigenvalue weighted by molar-refractivity contribution is 7.89. The smallest absolute Gasteiger partial charge is 0.253 e. The van der Waals surface area contributed by atoms with Crippen LogP contribution in [0.15, 0.2) is 41.3 Å². The maximum atomic E-state index is 12.8. The summed E-state index contributed by atoms with van der Waals surface area (Å²) in [5.41, 5.74) is -0.0697. The first-order valence-electron chi connectivity index (χ1n) is 9.43. The number of nitrogens with zero attached hydrogens (tertiary/aromatic N) is 2.